The van der Waals surface area contributed by atoms with Gasteiger partial charge in [-0.1, -0.05) is 278 Å². The second kappa shape index (κ2) is 73.0. The fourth-order valence-corrected chi connectivity index (χ4v) is 11.9. The van der Waals surface area contributed by atoms with Crippen molar-refractivity contribution in [2.75, 3.05) is 39.6 Å². The topological polar surface area (TPSA) is 237 Å². The second-order valence-corrected chi connectivity index (χ2v) is 28.8. The summed E-state index contributed by atoms with van der Waals surface area (Å²) in [7, 11) is -9.96. The number of ether oxygens (including phenoxy) is 4. The lowest BCUT2D eigenvalue weighted by molar-refractivity contribution is -0.161. The fraction of sp³-hybridized carbons (Fsp3) is 0.728. The maximum absolute atomic E-state index is 13.1. The molecule has 0 saturated heterocycles. The number of esters is 4. The third-order valence-corrected chi connectivity index (χ3v) is 18.1. The molecule has 19 heteroatoms. The molecular weight excluding hydrogens is 1310 g/mol. The van der Waals surface area contributed by atoms with Crippen molar-refractivity contribution in [3.63, 3.8) is 0 Å². The van der Waals surface area contributed by atoms with Crippen molar-refractivity contribution in [2.24, 2.45) is 0 Å². The van der Waals surface area contributed by atoms with Crippen molar-refractivity contribution < 1.29 is 80.2 Å². The average molecular weight is 1450 g/mol. The van der Waals surface area contributed by atoms with Gasteiger partial charge in [-0.2, -0.15) is 0 Å². The summed E-state index contributed by atoms with van der Waals surface area (Å²) >= 11 is 0. The molecule has 5 unspecified atom stereocenters. The normalized spacial score (nSPS) is 14.5. The number of allylic oxidation sites excluding steroid dienone is 18. The minimum absolute atomic E-state index is 0.0788. The zero-order valence-corrected chi connectivity index (χ0v) is 64.6. The molecule has 0 aromatic carbocycles. The molecule has 0 fully saturated rings. The first-order valence-corrected chi connectivity index (χ1v) is 42.1. The predicted octanol–water partition coefficient (Wildman–Crippen LogP) is 22.6. The number of unbranched alkanes of at least 4 members (excludes halogenated alkanes) is 29. The van der Waals surface area contributed by atoms with Crippen molar-refractivity contribution in [1.29, 1.82) is 0 Å². The van der Waals surface area contributed by atoms with Gasteiger partial charge in [-0.3, -0.25) is 37.3 Å². The van der Waals surface area contributed by atoms with E-state index in [-0.39, 0.29) is 25.7 Å². The van der Waals surface area contributed by atoms with Crippen LogP contribution in [0.1, 0.15) is 323 Å². The number of aliphatic hydroxyl groups is 1. The van der Waals surface area contributed by atoms with Crippen molar-refractivity contribution in [3.05, 3.63) is 109 Å². The maximum atomic E-state index is 13.1. The molecule has 0 aromatic rings. The number of phosphoric acid groups is 2. The van der Waals surface area contributed by atoms with Crippen LogP contribution < -0.4 is 0 Å². The van der Waals surface area contributed by atoms with E-state index in [2.05, 4.69) is 137 Å². The van der Waals surface area contributed by atoms with E-state index in [4.69, 9.17) is 37.0 Å². The molecule has 5 atom stereocenters. The smallest absolute Gasteiger partial charge is 0.462 e. The van der Waals surface area contributed by atoms with Crippen LogP contribution in [0.2, 0.25) is 0 Å². The average Bonchev–Trinajstić information content (AvgIpc) is 1.02. The third-order valence-electron chi connectivity index (χ3n) is 16.2. The zero-order valence-electron chi connectivity index (χ0n) is 62.8. The van der Waals surface area contributed by atoms with Crippen LogP contribution in [-0.2, 0) is 65.4 Å². The predicted molar refractivity (Wildman–Crippen MR) is 408 cm³/mol. The standard InChI is InChI=1S/C81H140O17P2/c1-5-9-13-17-21-25-29-32-35-37-40-42-46-49-53-57-61-65-78(83)91-71-76(97-80(85)67-63-59-55-51-45-28-24-20-16-12-8-4)73-95-99(87,88)93-69-75(82)70-94-100(89,90)96-74-77(98-81(86)68-64-60-56-52-48-44-39-34-31-27-23-19-15-11-7-3)72-92-79(84)66-62-58-54-50-47-43-41-38-36-33-30-26-22-18-14-10-6-2/h9-10,13-14,21-22,25-26,32-36,39-43,75-77,82H,5-8,11-12,15-20,23-24,27-31,37-38,44-74H2,1-4H3,(H,87,88)(H,89,90)/b13-9-,14-10-,25-21-,26-22-,35-32-,36-33-,39-34-,42-40-,43-41-. The minimum Gasteiger partial charge on any atom is -0.462 e. The number of phosphoric ester groups is 2. The van der Waals surface area contributed by atoms with Gasteiger partial charge in [0.25, 0.3) is 0 Å². The summed E-state index contributed by atoms with van der Waals surface area (Å²) in [5, 5.41) is 10.6. The van der Waals surface area contributed by atoms with Crippen LogP contribution >= 0.6 is 15.6 Å². The summed E-state index contributed by atoms with van der Waals surface area (Å²) in [4.78, 5) is 72.9. The molecule has 17 nitrogen and oxygen atoms in total. The van der Waals surface area contributed by atoms with Gasteiger partial charge in [0.15, 0.2) is 12.2 Å². The van der Waals surface area contributed by atoms with E-state index in [9.17, 15) is 43.2 Å². The molecule has 0 bridgehead atoms. The highest BCUT2D eigenvalue weighted by molar-refractivity contribution is 7.47. The Kier molecular flexibility index (Phi) is 69.9. The first-order valence-electron chi connectivity index (χ1n) is 39.1. The van der Waals surface area contributed by atoms with Crippen LogP contribution in [0.5, 0.6) is 0 Å². The Morgan fingerprint density at radius 2 is 0.520 bits per heavy atom. The van der Waals surface area contributed by atoms with E-state index in [0.717, 1.165) is 167 Å². The summed E-state index contributed by atoms with van der Waals surface area (Å²) in [6, 6.07) is 0. The largest absolute Gasteiger partial charge is 0.472 e. The maximum Gasteiger partial charge on any atom is 0.472 e. The Hall–Kier alpha value is -4.28. The van der Waals surface area contributed by atoms with Gasteiger partial charge < -0.3 is 33.8 Å². The van der Waals surface area contributed by atoms with Crippen molar-refractivity contribution in [1.82, 2.24) is 0 Å². The molecule has 0 spiro atoms. The first kappa shape index (κ1) is 95.7. The van der Waals surface area contributed by atoms with Crippen LogP contribution in [0.4, 0.5) is 0 Å². The van der Waals surface area contributed by atoms with Gasteiger partial charge in [-0.25, -0.2) is 9.13 Å². The number of carbonyl (C=O) groups is 4. The molecule has 3 N–H and O–H groups in total. The summed E-state index contributed by atoms with van der Waals surface area (Å²) in [5.41, 5.74) is 0. The van der Waals surface area contributed by atoms with Gasteiger partial charge in [-0.15, -0.1) is 0 Å². The molecule has 0 aliphatic rings. The molecule has 576 valence electrons. The fourth-order valence-electron chi connectivity index (χ4n) is 10.3. The van der Waals surface area contributed by atoms with Gasteiger partial charge in [0.1, 0.15) is 19.3 Å². The second-order valence-electron chi connectivity index (χ2n) is 25.9. The quantitative estimate of drug-likeness (QED) is 0.0169. The number of hydrogen-bond acceptors (Lipinski definition) is 15. The molecule has 0 radical (unpaired) electrons. The van der Waals surface area contributed by atoms with Crippen LogP contribution in [0.3, 0.4) is 0 Å². The van der Waals surface area contributed by atoms with Crippen molar-refractivity contribution in [2.45, 2.75) is 341 Å². The van der Waals surface area contributed by atoms with E-state index >= 15 is 0 Å². The number of rotatable bonds is 73. The van der Waals surface area contributed by atoms with Gasteiger partial charge in [-0.05, 0) is 128 Å². The van der Waals surface area contributed by atoms with Crippen molar-refractivity contribution >= 4 is 39.5 Å². The molecule has 0 saturated carbocycles. The summed E-state index contributed by atoms with van der Waals surface area (Å²) in [5.74, 6) is -2.23. The molecule has 0 aliphatic heterocycles. The monoisotopic (exact) mass is 1450 g/mol. The molecular formula is C81H140O17P2. The number of aliphatic hydroxyl groups excluding tert-OH is 1. The van der Waals surface area contributed by atoms with Crippen LogP contribution in [0.25, 0.3) is 0 Å². The molecule has 0 amide bonds. The van der Waals surface area contributed by atoms with E-state index in [1.807, 2.05) is 0 Å². The van der Waals surface area contributed by atoms with Gasteiger partial charge in [0.2, 0.25) is 0 Å². The Balaban J connectivity index is 5.36. The van der Waals surface area contributed by atoms with Crippen molar-refractivity contribution in [3.8, 4) is 0 Å². The number of hydrogen-bond donors (Lipinski definition) is 3. The highest BCUT2D eigenvalue weighted by Gasteiger charge is 2.30. The van der Waals surface area contributed by atoms with E-state index in [1.165, 1.54) is 77.0 Å². The van der Waals surface area contributed by atoms with E-state index in [0.29, 0.717) is 25.7 Å². The molecule has 0 aromatic heterocycles. The summed E-state index contributed by atoms with van der Waals surface area (Å²) in [6.45, 7) is 4.59. The Morgan fingerprint density at radius 1 is 0.290 bits per heavy atom. The highest BCUT2D eigenvalue weighted by Crippen LogP contribution is 2.45. The van der Waals surface area contributed by atoms with Crippen LogP contribution in [-0.4, -0.2) is 96.7 Å². The zero-order chi connectivity index (χ0) is 73.2. The lowest BCUT2D eigenvalue weighted by Crippen LogP contribution is -2.30. The van der Waals surface area contributed by atoms with E-state index in [1.54, 1.807) is 0 Å². The molecule has 0 rings (SSSR count). The first-order chi connectivity index (χ1) is 48.7. The molecule has 100 heavy (non-hydrogen) atoms. The van der Waals surface area contributed by atoms with Gasteiger partial charge in [0, 0.05) is 25.7 Å². The minimum atomic E-state index is -4.98. The van der Waals surface area contributed by atoms with Gasteiger partial charge in [0.05, 0.1) is 26.4 Å². The van der Waals surface area contributed by atoms with Gasteiger partial charge >= 0.3 is 39.5 Å². The Morgan fingerprint density at radius 3 is 0.810 bits per heavy atom. The molecule has 0 aliphatic carbocycles. The Bertz CT molecular complexity index is 2320. The van der Waals surface area contributed by atoms with Crippen LogP contribution in [0.15, 0.2) is 109 Å². The third kappa shape index (κ3) is 72.1. The summed E-state index contributed by atoms with van der Waals surface area (Å²) in [6.07, 6.45) is 77.9. The highest BCUT2D eigenvalue weighted by atomic mass is 31.2. The lowest BCUT2D eigenvalue weighted by Gasteiger charge is -2.21. The van der Waals surface area contributed by atoms with Crippen LogP contribution in [0, 0.1) is 0 Å². The summed E-state index contributed by atoms with van der Waals surface area (Å²) < 4.78 is 68.5. The Labute approximate surface area is 607 Å². The number of carbonyl (C=O) groups excluding carboxylic acids is 4. The van der Waals surface area contributed by atoms with E-state index < -0.39 is 97.5 Å². The molecule has 0 heterocycles. The lowest BCUT2D eigenvalue weighted by atomic mass is 10.1. The SMILES string of the molecule is CC/C=C\C/C=C\C/C=C\C/C=C\CCCCCCC(=O)OCC(COP(=O)(O)OCC(O)COP(=O)(O)OCC(COC(=O)CCCCCC/C=C\C/C=C\C/C=C\C/C=C\CC)OC(=O)CCCCCCCCCCCCC)OC(=O)CCCCCCC/C=C\CCCCCCCC.